The Morgan fingerprint density at radius 2 is 2.00 bits per heavy atom. The fourth-order valence-electron chi connectivity index (χ4n) is 1.12. The van der Waals surface area contributed by atoms with Gasteiger partial charge in [-0.3, -0.25) is 4.79 Å². The van der Waals surface area contributed by atoms with Crippen LogP contribution in [0.2, 0.25) is 0 Å². The molecule has 0 bridgehead atoms. The summed E-state index contributed by atoms with van der Waals surface area (Å²) in [7, 11) is -2.89. The molecular weight excluding hydrogens is 245 g/mol. The first-order valence-electron chi connectivity index (χ1n) is 4.87. The Bertz CT molecular complexity index is 422. The van der Waals surface area contributed by atoms with Crippen LogP contribution in [0.4, 0.5) is 0 Å². The highest BCUT2D eigenvalue weighted by atomic mass is 31.2. The SMILES string of the molecule is COC(=O)[C@H](C)NP(=O)(O)Oc1ccccc1. The van der Waals surface area contributed by atoms with Gasteiger partial charge in [-0.2, -0.15) is 5.09 Å². The minimum absolute atomic E-state index is 0.239. The zero-order chi connectivity index (χ0) is 12.9. The summed E-state index contributed by atoms with van der Waals surface area (Å²) in [6.45, 7) is 1.41. The van der Waals surface area contributed by atoms with E-state index in [-0.39, 0.29) is 5.75 Å². The highest BCUT2D eigenvalue weighted by Gasteiger charge is 2.27. The van der Waals surface area contributed by atoms with E-state index >= 15 is 0 Å². The van der Waals surface area contributed by atoms with Crippen molar-refractivity contribution in [2.75, 3.05) is 7.11 Å². The summed E-state index contributed by atoms with van der Waals surface area (Å²) in [5.41, 5.74) is 0. The Hall–Kier alpha value is -1.36. The van der Waals surface area contributed by atoms with Crippen molar-refractivity contribution in [3.8, 4) is 5.75 Å². The van der Waals surface area contributed by atoms with Gasteiger partial charge in [0.1, 0.15) is 11.8 Å². The smallest absolute Gasteiger partial charge is 0.456 e. The molecule has 6 nitrogen and oxygen atoms in total. The molecule has 0 aliphatic heterocycles. The third-order valence-corrected chi connectivity index (χ3v) is 3.06. The molecule has 0 heterocycles. The van der Waals surface area contributed by atoms with Crippen LogP contribution >= 0.6 is 7.75 Å². The summed E-state index contributed by atoms with van der Waals surface area (Å²) in [6.07, 6.45) is 0. The molecule has 1 unspecified atom stereocenters. The van der Waals surface area contributed by atoms with Crippen LogP contribution in [-0.2, 0) is 14.1 Å². The van der Waals surface area contributed by atoms with Crippen molar-refractivity contribution >= 4 is 13.7 Å². The minimum atomic E-state index is -4.09. The summed E-state index contributed by atoms with van der Waals surface area (Å²) < 4.78 is 20.9. The van der Waals surface area contributed by atoms with Crippen molar-refractivity contribution in [1.82, 2.24) is 5.09 Å². The molecule has 0 saturated heterocycles. The fraction of sp³-hybridized carbons (Fsp3) is 0.300. The molecule has 7 heteroatoms. The predicted molar refractivity (Wildman–Crippen MR) is 61.5 cm³/mol. The first-order chi connectivity index (χ1) is 7.94. The lowest BCUT2D eigenvalue weighted by Crippen LogP contribution is -2.33. The maximum absolute atomic E-state index is 11.6. The van der Waals surface area contributed by atoms with E-state index in [1.165, 1.54) is 26.2 Å². The largest absolute Gasteiger partial charge is 0.468 e. The monoisotopic (exact) mass is 259 g/mol. The van der Waals surface area contributed by atoms with Crippen molar-refractivity contribution in [2.45, 2.75) is 13.0 Å². The van der Waals surface area contributed by atoms with E-state index in [9.17, 15) is 14.3 Å². The van der Waals surface area contributed by atoms with Crippen LogP contribution < -0.4 is 9.61 Å². The number of benzene rings is 1. The predicted octanol–water partition coefficient (Wildman–Crippen LogP) is 1.32. The molecule has 17 heavy (non-hydrogen) atoms. The molecule has 2 atom stereocenters. The van der Waals surface area contributed by atoms with Gasteiger partial charge in [0.25, 0.3) is 0 Å². The number of carbonyl (C=O) groups excluding carboxylic acids is 1. The molecule has 1 aromatic rings. The van der Waals surface area contributed by atoms with Gasteiger partial charge in [-0.25, -0.2) is 4.57 Å². The van der Waals surface area contributed by atoms with E-state index in [1.54, 1.807) is 18.2 Å². The molecule has 0 aliphatic rings. The lowest BCUT2D eigenvalue weighted by atomic mass is 10.3. The Morgan fingerprint density at radius 1 is 1.41 bits per heavy atom. The van der Waals surface area contributed by atoms with Gasteiger partial charge in [0.15, 0.2) is 0 Å². The molecule has 0 spiro atoms. The number of carbonyl (C=O) groups is 1. The summed E-state index contributed by atoms with van der Waals surface area (Å²) in [5.74, 6) is -0.404. The van der Waals surface area contributed by atoms with Gasteiger partial charge < -0.3 is 14.2 Å². The maximum Gasteiger partial charge on any atom is 0.456 e. The highest BCUT2D eigenvalue weighted by Crippen LogP contribution is 2.38. The Kier molecular flexibility index (Phi) is 4.69. The number of hydrogen-bond acceptors (Lipinski definition) is 4. The van der Waals surface area contributed by atoms with Crippen molar-refractivity contribution in [3.63, 3.8) is 0 Å². The van der Waals surface area contributed by atoms with E-state index < -0.39 is 19.8 Å². The molecule has 0 aliphatic carbocycles. The molecule has 0 amide bonds. The van der Waals surface area contributed by atoms with Crippen LogP contribution in [0.3, 0.4) is 0 Å². The van der Waals surface area contributed by atoms with Gasteiger partial charge in [0.05, 0.1) is 7.11 Å². The second-order valence-corrected chi connectivity index (χ2v) is 4.78. The van der Waals surface area contributed by atoms with Crippen molar-refractivity contribution in [2.24, 2.45) is 0 Å². The number of nitrogens with one attached hydrogen (secondary N) is 1. The van der Waals surface area contributed by atoms with Crippen molar-refractivity contribution in [3.05, 3.63) is 30.3 Å². The second kappa shape index (κ2) is 5.82. The number of hydrogen-bond donors (Lipinski definition) is 2. The number of methoxy groups -OCH3 is 1. The maximum atomic E-state index is 11.6. The van der Waals surface area contributed by atoms with Gasteiger partial charge in [-0.1, -0.05) is 18.2 Å². The number of para-hydroxylation sites is 1. The molecule has 94 valence electrons. The van der Waals surface area contributed by atoms with E-state index in [2.05, 4.69) is 9.82 Å². The van der Waals surface area contributed by atoms with Crippen LogP contribution in [0.1, 0.15) is 6.92 Å². The standard InChI is InChI=1S/C10H14NO5P/c1-8(10(12)15-2)11-17(13,14)16-9-6-4-3-5-7-9/h3-8H,1-2H3,(H2,11,13,14)/t8-/m0/s1. The van der Waals surface area contributed by atoms with Gasteiger partial charge in [0, 0.05) is 0 Å². The van der Waals surface area contributed by atoms with Gasteiger partial charge >= 0.3 is 13.7 Å². The quantitative estimate of drug-likeness (QED) is 0.612. The normalized spacial score (nSPS) is 15.7. The molecular formula is C10H14NO5P. The molecule has 0 aromatic heterocycles. The van der Waals surface area contributed by atoms with Gasteiger partial charge in [-0.15, -0.1) is 0 Å². The summed E-state index contributed by atoms with van der Waals surface area (Å²) in [6, 6.07) is 7.22. The third-order valence-electron chi connectivity index (χ3n) is 1.88. The zero-order valence-electron chi connectivity index (χ0n) is 9.49. The van der Waals surface area contributed by atoms with Crippen LogP contribution in [0.15, 0.2) is 30.3 Å². The number of ether oxygens (including phenoxy) is 1. The molecule has 2 N–H and O–H groups in total. The second-order valence-electron chi connectivity index (χ2n) is 3.30. The minimum Gasteiger partial charge on any atom is -0.468 e. The lowest BCUT2D eigenvalue weighted by Gasteiger charge is -2.17. The summed E-state index contributed by atoms with van der Waals surface area (Å²) in [5, 5.41) is 2.17. The van der Waals surface area contributed by atoms with Crippen LogP contribution in [-0.4, -0.2) is 24.0 Å². The zero-order valence-corrected chi connectivity index (χ0v) is 10.4. The summed E-state index contributed by atoms with van der Waals surface area (Å²) >= 11 is 0. The van der Waals surface area contributed by atoms with Crippen LogP contribution in [0, 0.1) is 0 Å². The van der Waals surface area contributed by atoms with E-state index in [0.717, 1.165) is 0 Å². The van der Waals surface area contributed by atoms with Crippen LogP contribution in [0.5, 0.6) is 5.75 Å². The Labute approximate surface area is 99.1 Å². The Balaban J connectivity index is 2.63. The van der Waals surface area contributed by atoms with E-state index in [4.69, 9.17) is 4.52 Å². The molecule has 0 radical (unpaired) electrons. The van der Waals surface area contributed by atoms with E-state index in [1.807, 2.05) is 0 Å². The third kappa shape index (κ3) is 4.56. The van der Waals surface area contributed by atoms with E-state index in [0.29, 0.717) is 0 Å². The topological polar surface area (TPSA) is 84.9 Å². The average molecular weight is 259 g/mol. The fourth-order valence-corrected chi connectivity index (χ4v) is 2.18. The first kappa shape index (κ1) is 13.7. The average Bonchev–Trinajstić information content (AvgIpc) is 2.27. The molecule has 0 fully saturated rings. The molecule has 1 rings (SSSR count). The lowest BCUT2D eigenvalue weighted by molar-refractivity contribution is -0.142. The molecule has 1 aromatic carbocycles. The van der Waals surface area contributed by atoms with Gasteiger partial charge in [0.2, 0.25) is 0 Å². The van der Waals surface area contributed by atoms with Gasteiger partial charge in [-0.05, 0) is 19.1 Å². The van der Waals surface area contributed by atoms with Crippen molar-refractivity contribution in [1.29, 1.82) is 0 Å². The van der Waals surface area contributed by atoms with Crippen molar-refractivity contribution < 1.29 is 23.5 Å². The number of esters is 1. The first-order valence-corrected chi connectivity index (χ1v) is 6.45. The Morgan fingerprint density at radius 3 is 2.53 bits per heavy atom. The number of rotatable bonds is 5. The highest BCUT2D eigenvalue weighted by molar-refractivity contribution is 7.51. The summed E-state index contributed by atoms with van der Waals surface area (Å²) in [4.78, 5) is 20.6. The molecule has 0 saturated carbocycles. The van der Waals surface area contributed by atoms with Crippen LogP contribution in [0.25, 0.3) is 0 Å².